The van der Waals surface area contributed by atoms with Crippen LogP contribution in [0.1, 0.15) is 52.4 Å². The van der Waals surface area contributed by atoms with Crippen LogP contribution < -0.4 is 5.32 Å². The number of nitrogens with zero attached hydrogens (tertiary/aromatic N) is 1. The van der Waals surface area contributed by atoms with Crippen molar-refractivity contribution in [2.24, 2.45) is 11.8 Å². The third kappa shape index (κ3) is 3.78. The lowest BCUT2D eigenvalue weighted by Gasteiger charge is -2.40. The predicted molar refractivity (Wildman–Crippen MR) is 85.2 cm³/mol. The molecule has 0 aromatic rings. The lowest BCUT2D eigenvalue weighted by Crippen LogP contribution is -2.61. The first-order valence-electron chi connectivity index (χ1n) is 8.59. The summed E-state index contributed by atoms with van der Waals surface area (Å²) in [7, 11) is 4.09. The number of nitrogens with one attached hydrogen (secondary N) is 1. The molecule has 2 aliphatic rings. The number of likely N-dealkylation sites (N-methyl/N-ethyl adjacent to an activating group) is 2. The van der Waals surface area contributed by atoms with E-state index in [-0.39, 0.29) is 5.97 Å². The van der Waals surface area contributed by atoms with Crippen molar-refractivity contribution >= 4 is 5.97 Å². The summed E-state index contributed by atoms with van der Waals surface area (Å²) >= 11 is 0. The number of carbonyl (C=O) groups is 1. The van der Waals surface area contributed by atoms with Gasteiger partial charge in [-0.3, -0.25) is 0 Å². The third-order valence-electron chi connectivity index (χ3n) is 5.39. The first-order chi connectivity index (χ1) is 10.0. The van der Waals surface area contributed by atoms with E-state index in [0.29, 0.717) is 18.6 Å². The Morgan fingerprint density at radius 2 is 2.05 bits per heavy atom. The van der Waals surface area contributed by atoms with E-state index in [9.17, 15) is 4.79 Å². The molecule has 1 N–H and O–H groups in total. The summed E-state index contributed by atoms with van der Waals surface area (Å²) in [6.45, 7) is 5.46. The van der Waals surface area contributed by atoms with Gasteiger partial charge in [0.05, 0.1) is 6.61 Å². The molecule has 0 bridgehead atoms. The zero-order chi connectivity index (χ0) is 15.5. The maximum atomic E-state index is 12.5. The SMILES string of the molecule is CCOC(=O)C(CN(C)C1CCCC(C)C1)(NC)C1CC1. The van der Waals surface area contributed by atoms with Crippen molar-refractivity contribution in [3.05, 3.63) is 0 Å². The van der Waals surface area contributed by atoms with Gasteiger partial charge in [-0.1, -0.05) is 19.8 Å². The second-order valence-corrected chi connectivity index (χ2v) is 7.06. The van der Waals surface area contributed by atoms with Crippen molar-refractivity contribution in [1.82, 2.24) is 10.2 Å². The second-order valence-electron chi connectivity index (χ2n) is 7.06. The molecule has 0 radical (unpaired) electrons. The van der Waals surface area contributed by atoms with E-state index in [4.69, 9.17) is 4.74 Å². The molecule has 0 aromatic heterocycles. The van der Waals surface area contributed by atoms with Crippen LogP contribution in [0.2, 0.25) is 0 Å². The number of hydrogen-bond donors (Lipinski definition) is 1. The van der Waals surface area contributed by atoms with Gasteiger partial charge in [0, 0.05) is 12.6 Å². The molecule has 2 rings (SSSR count). The van der Waals surface area contributed by atoms with E-state index in [1.165, 1.54) is 25.7 Å². The molecule has 3 unspecified atom stereocenters. The topological polar surface area (TPSA) is 41.6 Å². The fourth-order valence-corrected chi connectivity index (χ4v) is 3.91. The molecular formula is C17H32N2O2. The summed E-state index contributed by atoms with van der Waals surface area (Å²) in [5.74, 6) is 1.18. The van der Waals surface area contributed by atoms with Crippen LogP contribution in [0, 0.1) is 11.8 Å². The predicted octanol–water partition coefficient (Wildman–Crippen LogP) is 2.43. The number of rotatable bonds is 7. The minimum atomic E-state index is -0.508. The van der Waals surface area contributed by atoms with E-state index in [1.807, 2.05) is 14.0 Å². The molecule has 0 spiro atoms. The smallest absolute Gasteiger partial charge is 0.327 e. The van der Waals surface area contributed by atoms with Crippen molar-refractivity contribution in [3.8, 4) is 0 Å². The first kappa shape index (κ1) is 16.8. The Morgan fingerprint density at radius 1 is 1.33 bits per heavy atom. The summed E-state index contributed by atoms with van der Waals surface area (Å²) in [6, 6.07) is 0.606. The van der Waals surface area contributed by atoms with Crippen LogP contribution in [0.5, 0.6) is 0 Å². The Bertz CT molecular complexity index is 357. The summed E-state index contributed by atoms with van der Waals surface area (Å²) in [4.78, 5) is 15.0. The van der Waals surface area contributed by atoms with Gasteiger partial charge in [-0.05, 0) is 58.5 Å². The van der Waals surface area contributed by atoms with Gasteiger partial charge in [0.15, 0.2) is 0 Å². The van der Waals surface area contributed by atoms with E-state index < -0.39 is 5.54 Å². The van der Waals surface area contributed by atoms with Gasteiger partial charge in [-0.15, -0.1) is 0 Å². The molecule has 0 saturated heterocycles. The maximum absolute atomic E-state index is 12.5. The number of hydrogen-bond acceptors (Lipinski definition) is 4. The summed E-state index contributed by atoms with van der Waals surface area (Å²) in [6.07, 6.45) is 7.44. The molecule has 0 aromatic carbocycles. The lowest BCUT2D eigenvalue weighted by molar-refractivity contribution is -0.153. The van der Waals surface area contributed by atoms with Crippen molar-refractivity contribution in [2.45, 2.75) is 64.0 Å². The summed E-state index contributed by atoms with van der Waals surface area (Å²) in [5.41, 5.74) is -0.508. The third-order valence-corrected chi connectivity index (χ3v) is 5.39. The zero-order valence-corrected chi connectivity index (χ0v) is 14.2. The van der Waals surface area contributed by atoms with Crippen LogP contribution in [0.15, 0.2) is 0 Å². The van der Waals surface area contributed by atoms with Gasteiger partial charge in [-0.25, -0.2) is 4.79 Å². The highest BCUT2D eigenvalue weighted by atomic mass is 16.5. The van der Waals surface area contributed by atoms with E-state index in [0.717, 1.165) is 25.3 Å². The van der Waals surface area contributed by atoms with Gasteiger partial charge < -0.3 is 15.0 Å². The summed E-state index contributed by atoms with van der Waals surface area (Å²) in [5, 5.41) is 3.33. The van der Waals surface area contributed by atoms with Crippen LogP contribution >= 0.6 is 0 Å². The molecule has 0 amide bonds. The van der Waals surface area contributed by atoms with Crippen molar-refractivity contribution in [3.63, 3.8) is 0 Å². The van der Waals surface area contributed by atoms with Crippen LogP contribution in [0.25, 0.3) is 0 Å². The number of ether oxygens (including phenoxy) is 1. The Kier molecular flexibility index (Phi) is 5.67. The average Bonchev–Trinajstić information content (AvgIpc) is 3.29. The monoisotopic (exact) mass is 296 g/mol. The van der Waals surface area contributed by atoms with E-state index in [2.05, 4.69) is 24.2 Å². The number of carbonyl (C=O) groups excluding carboxylic acids is 1. The van der Waals surface area contributed by atoms with Crippen LogP contribution in [-0.2, 0) is 9.53 Å². The maximum Gasteiger partial charge on any atom is 0.327 e. The molecule has 0 heterocycles. The molecule has 2 saturated carbocycles. The molecule has 122 valence electrons. The van der Waals surface area contributed by atoms with Crippen LogP contribution in [0.4, 0.5) is 0 Å². The molecular weight excluding hydrogens is 264 g/mol. The Balaban J connectivity index is 2.05. The minimum Gasteiger partial charge on any atom is -0.465 e. The van der Waals surface area contributed by atoms with Gasteiger partial charge in [0.1, 0.15) is 5.54 Å². The minimum absolute atomic E-state index is 0.0642. The van der Waals surface area contributed by atoms with Crippen molar-refractivity contribution in [2.75, 3.05) is 27.2 Å². The normalized spacial score (nSPS) is 29.2. The van der Waals surface area contributed by atoms with E-state index in [1.54, 1.807) is 0 Å². The zero-order valence-electron chi connectivity index (χ0n) is 14.2. The fourth-order valence-electron chi connectivity index (χ4n) is 3.91. The van der Waals surface area contributed by atoms with Crippen molar-refractivity contribution < 1.29 is 9.53 Å². The Morgan fingerprint density at radius 3 is 2.57 bits per heavy atom. The lowest BCUT2D eigenvalue weighted by atomic mass is 9.85. The quantitative estimate of drug-likeness (QED) is 0.733. The van der Waals surface area contributed by atoms with Gasteiger partial charge in [-0.2, -0.15) is 0 Å². The first-order valence-corrected chi connectivity index (χ1v) is 8.59. The van der Waals surface area contributed by atoms with Crippen LogP contribution in [0.3, 0.4) is 0 Å². The Labute approximate surface area is 129 Å². The van der Waals surface area contributed by atoms with Crippen molar-refractivity contribution in [1.29, 1.82) is 0 Å². The van der Waals surface area contributed by atoms with Gasteiger partial charge in [0.25, 0.3) is 0 Å². The highest BCUT2D eigenvalue weighted by Gasteiger charge is 2.52. The highest BCUT2D eigenvalue weighted by molar-refractivity contribution is 5.82. The van der Waals surface area contributed by atoms with E-state index >= 15 is 0 Å². The molecule has 2 fully saturated rings. The second kappa shape index (κ2) is 7.10. The average molecular weight is 296 g/mol. The summed E-state index contributed by atoms with van der Waals surface area (Å²) < 4.78 is 5.38. The molecule has 2 aliphatic carbocycles. The standard InChI is InChI=1S/C17H32N2O2/c1-5-21-16(20)17(18-3,14-9-10-14)12-19(4)15-8-6-7-13(2)11-15/h13-15,18H,5-12H2,1-4H3. The Hall–Kier alpha value is -0.610. The van der Waals surface area contributed by atoms with Gasteiger partial charge in [0.2, 0.25) is 0 Å². The molecule has 3 atom stereocenters. The fraction of sp³-hybridized carbons (Fsp3) is 0.941. The molecule has 4 nitrogen and oxygen atoms in total. The number of esters is 1. The molecule has 0 aliphatic heterocycles. The van der Waals surface area contributed by atoms with Crippen LogP contribution in [-0.4, -0.2) is 49.7 Å². The molecule has 4 heteroatoms. The van der Waals surface area contributed by atoms with Gasteiger partial charge >= 0.3 is 5.97 Å². The molecule has 21 heavy (non-hydrogen) atoms. The highest BCUT2D eigenvalue weighted by Crippen LogP contribution is 2.41. The largest absolute Gasteiger partial charge is 0.465 e.